The van der Waals surface area contributed by atoms with Gasteiger partial charge in [-0.05, 0) is 26.0 Å². The first kappa shape index (κ1) is 11.7. The van der Waals surface area contributed by atoms with Crippen LogP contribution in [0.3, 0.4) is 0 Å². The van der Waals surface area contributed by atoms with Crippen molar-refractivity contribution >= 4 is 11.4 Å². The molecule has 0 saturated carbocycles. The van der Waals surface area contributed by atoms with Crippen LogP contribution in [0.15, 0.2) is 18.2 Å². The summed E-state index contributed by atoms with van der Waals surface area (Å²) in [6.45, 7) is 5.67. The first-order valence-electron chi connectivity index (χ1n) is 5.80. The van der Waals surface area contributed by atoms with Gasteiger partial charge in [-0.1, -0.05) is 6.07 Å². The van der Waals surface area contributed by atoms with Crippen molar-refractivity contribution in [1.82, 2.24) is 0 Å². The van der Waals surface area contributed by atoms with Crippen LogP contribution in [-0.4, -0.2) is 25.3 Å². The molecule has 1 unspecified atom stereocenters. The van der Waals surface area contributed by atoms with E-state index in [1.165, 1.54) is 0 Å². The highest BCUT2D eigenvalue weighted by Crippen LogP contribution is 2.27. The smallest absolute Gasteiger partial charge is 0.104 e. The largest absolute Gasteiger partial charge is 0.398 e. The summed E-state index contributed by atoms with van der Waals surface area (Å²) in [5.74, 6) is 0. The summed E-state index contributed by atoms with van der Waals surface area (Å²) in [7, 11) is 0. The number of benzene rings is 1. The Morgan fingerprint density at radius 2 is 2.00 bits per heavy atom. The first-order chi connectivity index (χ1) is 8.11. The molecule has 17 heavy (non-hydrogen) atoms. The molecule has 90 valence electrons. The second kappa shape index (κ2) is 4.64. The SMILES string of the molecule is CC1CN(c2cccc(N)c2C#N)C[C@H](C)O1. The third-order valence-corrected chi connectivity index (χ3v) is 2.95. The summed E-state index contributed by atoms with van der Waals surface area (Å²) in [5.41, 5.74) is 7.84. The molecule has 0 bridgehead atoms. The number of hydrogen-bond acceptors (Lipinski definition) is 4. The fourth-order valence-corrected chi connectivity index (χ4v) is 2.32. The minimum Gasteiger partial charge on any atom is -0.398 e. The zero-order chi connectivity index (χ0) is 12.4. The van der Waals surface area contributed by atoms with E-state index in [4.69, 9.17) is 10.5 Å². The van der Waals surface area contributed by atoms with Crippen LogP contribution in [0.2, 0.25) is 0 Å². The van der Waals surface area contributed by atoms with Crippen LogP contribution in [0.1, 0.15) is 19.4 Å². The highest BCUT2D eigenvalue weighted by atomic mass is 16.5. The predicted molar refractivity (Wildman–Crippen MR) is 67.8 cm³/mol. The second-order valence-corrected chi connectivity index (χ2v) is 4.52. The molecule has 4 nitrogen and oxygen atoms in total. The number of nitriles is 1. The Hall–Kier alpha value is -1.73. The van der Waals surface area contributed by atoms with Gasteiger partial charge in [0.15, 0.2) is 0 Å². The predicted octanol–water partition coefficient (Wildman–Crippen LogP) is 1.75. The lowest BCUT2D eigenvalue weighted by Gasteiger charge is -2.37. The summed E-state index contributed by atoms with van der Waals surface area (Å²) >= 11 is 0. The maximum atomic E-state index is 9.17. The lowest BCUT2D eigenvalue weighted by Crippen LogP contribution is -2.45. The average molecular weight is 231 g/mol. The Morgan fingerprint density at radius 3 is 2.59 bits per heavy atom. The fraction of sp³-hybridized carbons (Fsp3) is 0.462. The van der Waals surface area contributed by atoms with Crippen LogP contribution in [-0.2, 0) is 4.74 Å². The lowest BCUT2D eigenvalue weighted by atomic mass is 10.1. The van der Waals surface area contributed by atoms with Gasteiger partial charge >= 0.3 is 0 Å². The Balaban J connectivity index is 2.34. The van der Waals surface area contributed by atoms with Crippen LogP contribution in [0.5, 0.6) is 0 Å². The molecule has 1 heterocycles. The number of nitrogen functional groups attached to an aromatic ring is 1. The van der Waals surface area contributed by atoms with E-state index in [9.17, 15) is 5.26 Å². The van der Waals surface area contributed by atoms with Gasteiger partial charge in [-0.2, -0.15) is 5.26 Å². The molecule has 0 aliphatic carbocycles. The van der Waals surface area contributed by atoms with Crippen molar-refractivity contribution in [2.45, 2.75) is 26.1 Å². The topological polar surface area (TPSA) is 62.3 Å². The Morgan fingerprint density at radius 1 is 1.35 bits per heavy atom. The number of morpholine rings is 1. The molecule has 0 radical (unpaired) electrons. The van der Waals surface area contributed by atoms with Crippen LogP contribution in [0.4, 0.5) is 11.4 Å². The second-order valence-electron chi connectivity index (χ2n) is 4.52. The molecule has 2 N–H and O–H groups in total. The quantitative estimate of drug-likeness (QED) is 0.748. The molecule has 0 spiro atoms. The molecule has 1 aliphatic rings. The van der Waals surface area contributed by atoms with E-state index < -0.39 is 0 Å². The van der Waals surface area contributed by atoms with Gasteiger partial charge in [-0.3, -0.25) is 0 Å². The molecule has 1 saturated heterocycles. The number of nitrogens with two attached hydrogens (primary N) is 1. The monoisotopic (exact) mass is 231 g/mol. The van der Waals surface area contributed by atoms with Crippen LogP contribution >= 0.6 is 0 Å². The van der Waals surface area contributed by atoms with Crippen molar-refractivity contribution in [1.29, 1.82) is 5.26 Å². The van der Waals surface area contributed by atoms with Crippen molar-refractivity contribution in [3.8, 4) is 6.07 Å². The maximum absolute atomic E-state index is 9.17. The van der Waals surface area contributed by atoms with Crippen molar-refractivity contribution in [2.75, 3.05) is 23.7 Å². The Kier molecular flexibility index (Phi) is 3.21. The molecule has 4 heteroatoms. The summed E-state index contributed by atoms with van der Waals surface area (Å²) in [4.78, 5) is 2.17. The van der Waals surface area contributed by atoms with Gasteiger partial charge in [-0.25, -0.2) is 0 Å². The van der Waals surface area contributed by atoms with E-state index in [1.807, 2.05) is 26.0 Å². The van der Waals surface area contributed by atoms with E-state index in [0.29, 0.717) is 11.3 Å². The molecule has 1 aliphatic heterocycles. The molecular weight excluding hydrogens is 214 g/mol. The molecule has 2 atom stereocenters. The van der Waals surface area contributed by atoms with E-state index >= 15 is 0 Å². The van der Waals surface area contributed by atoms with Gasteiger partial charge in [0.1, 0.15) is 6.07 Å². The zero-order valence-electron chi connectivity index (χ0n) is 10.2. The van der Waals surface area contributed by atoms with Gasteiger partial charge in [0, 0.05) is 13.1 Å². The first-order valence-corrected chi connectivity index (χ1v) is 5.80. The van der Waals surface area contributed by atoms with Crippen LogP contribution in [0, 0.1) is 11.3 Å². The minimum absolute atomic E-state index is 0.173. The fourth-order valence-electron chi connectivity index (χ4n) is 2.32. The summed E-state index contributed by atoms with van der Waals surface area (Å²) < 4.78 is 5.69. The normalized spacial score (nSPS) is 24.4. The van der Waals surface area contributed by atoms with Gasteiger partial charge in [-0.15, -0.1) is 0 Å². The van der Waals surface area contributed by atoms with Crippen molar-refractivity contribution in [3.05, 3.63) is 23.8 Å². The van der Waals surface area contributed by atoms with E-state index in [2.05, 4.69) is 11.0 Å². The van der Waals surface area contributed by atoms with Crippen molar-refractivity contribution < 1.29 is 4.74 Å². The average Bonchev–Trinajstić information content (AvgIpc) is 2.27. The highest BCUT2D eigenvalue weighted by Gasteiger charge is 2.24. The number of nitrogens with zero attached hydrogens (tertiary/aromatic N) is 2. The van der Waals surface area contributed by atoms with Gasteiger partial charge < -0.3 is 15.4 Å². The number of ether oxygens (including phenoxy) is 1. The van der Waals surface area contributed by atoms with Gasteiger partial charge in [0.05, 0.1) is 29.1 Å². The van der Waals surface area contributed by atoms with E-state index in [0.717, 1.165) is 18.8 Å². The molecule has 2 rings (SSSR count). The molecule has 0 amide bonds. The Bertz CT molecular complexity index is 442. The number of rotatable bonds is 1. The third-order valence-electron chi connectivity index (χ3n) is 2.95. The summed E-state index contributed by atoms with van der Waals surface area (Å²) in [6.07, 6.45) is 0.346. The van der Waals surface area contributed by atoms with Gasteiger partial charge in [0.2, 0.25) is 0 Å². The van der Waals surface area contributed by atoms with Crippen molar-refractivity contribution in [3.63, 3.8) is 0 Å². The number of hydrogen-bond donors (Lipinski definition) is 1. The van der Waals surface area contributed by atoms with Crippen LogP contribution in [0.25, 0.3) is 0 Å². The van der Waals surface area contributed by atoms with E-state index in [1.54, 1.807) is 6.07 Å². The highest BCUT2D eigenvalue weighted by molar-refractivity contribution is 5.70. The summed E-state index contributed by atoms with van der Waals surface area (Å²) in [5, 5.41) is 9.17. The Labute approximate surface area is 102 Å². The molecular formula is C13H17N3O. The van der Waals surface area contributed by atoms with Crippen molar-refractivity contribution in [2.24, 2.45) is 0 Å². The van der Waals surface area contributed by atoms with Gasteiger partial charge in [0.25, 0.3) is 0 Å². The molecule has 1 aromatic rings. The molecule has 1 fully saturated rings. The molecule has 0 aromatic heterocycles. The van der Waals surface area contributed by atoms with E-state index in [-0.39, 0.29) is 12.2 Å². The maximum Gasteiger partial charge on any atom is 0.104 e. The zero-order valence-corrected chi connectivity index (χ0v) is 10.2. The lowest BCUT2D eigenvalue weighted by molar-refractivity contribution is -0.00522. The minimum atomic E-state index is 0.173. The molecule has 1 aromatic carbocycles. The third kappa shape index (κ3) is 2.34. The standard InChI is InChI=1S/C13H17N3O/c1-9-7-16(8-10(2)17-9)13-5-3-4-12(15)11(13)6-14/h3-5,9-10H,7-8,15H2,1-2H3/t9-,10?/m0/s1. The summed E-state index contributed by atoms with van der Waals surface area (Å²) in [6, 6.07) is 7.77. The van der Waals surface area contributed by atoms with Crippen LogP contribution < -0.4 is 10.6 Å². The number of anilines is 2.